The maximum Gasteiger partial charge on any atom is 0.312 e. The number of aromatic hydroxyl groups is 2. The molecule has 0 amide bonds. The molecule has 0 aliphatic carbocycles. The van der Waals surface area contributed by atoms with Crippen molar-refractivity contribution in [2.45, 2.75) is 0 Å². The molecular weight excluding hydrogens is 230 g/mol. The monoisotopic (exact) mass is 233 g/mol. The van der Waals surface area contributed by atoms with Gasteiger partial charge in [-0.1, -0.05) is 0 Å². The molecule has 2 N–H and O–H groups in total. The Morgan fingerprint density at radius 1 is 1.33 bits per heavy atom. The number of nitro groups is 1. The summed E-state index contributed by atoms with van der Waals surface area (Å²) in [5.41, 5.74) is -0.445. The number of rotatable bonds is 1. The van der Waals surface area contributed by atoms with Gasteiger partial charge in [-0.25, -0.2) is 0 Å². The van der Waals surface area contributed by atoms with Crippen LogP contribution in [-0.2, 0) is 0 Å². The summed E-state index contributed by atoms with van der Waals surface area (Å²) in [5.74, 6) is -0.793. The van der Waals surface area contributed by atoms with Gasteiger partial charge in [0.2, 0.25) is 0 Å². The lowest BCUT2D eigenvalue weighted by Gasteiger charge is -1.98. The van der Waals surface area contributed by atoms with Crippen LogP contribution in [0.3, 0.4) is 0 Å². The lowest BCUT2D eigenvalue weighted by atomic mass is 10.3. The molecular formula is C6H4BrNO4. The van der Waals surface area contributed by atoms with E-state index in [1.807, 2.05) is 0 Å². The van der Waals surface area contributed by atoms with Gasteiger partial charge in [0.05, 0.1) is 9.40 Å². The molecule has 0 atom stereocenters. The minimum absolute atomic E-state index is 0.173. The van der Waals surface area contributed by atoms with E-state index in [9.17, 15) is 10.1 Å². The van der Waals surface area contributed by atoms with E-state index < -0.39 is 16.4 Å². The number of phenolic OH excluding ortho intramolecular Hbond substituents is 2. The topological polar surface area (TPSA) is 83.6 Å². The van der Waals surface area contributed by atoms with E-state index in [0.717, 1.165) is 12.1 Å². The van der Waals surface area contributed by atoms with Gasteiger partial charge in [-0.2, -0.15) is 0 Å². The first kappa shape index (κ1) is 8.79. The third-order valence-corrected chi connectivity index (χ3v) is 1.88. The molecule has 5 nitrogen and oxygen atoms in total. The smallest absolute Gasteiger partial charge is 0.312 e. The maximum atomic E-state index is 10.2. The molecule has 6 heteroatoms. The Labute approximate surface area is 75.5 Å². The summed E-state index contributed by atoms with van der Waals surface area (Å²) < 4.78 is 0.173. The molecule has 64 valence electrons. The number of nitrogens with zero attached hydrogens (tertiary/aromatic N) is 1. The molecule has 0 radical (unpaired) electrons. The van der Waals surface area contributed by atoms with Gasteiger partial charge in [0.15, 0.2) is 5.75 Å². The van der Waals surface area contributed by atoms with E-state index in [1.165, 1.54) is 0 Å². The van der Waals surface area contributed by atoms with Crippen LogP contribution in [0.15, 0.2) is 16.6 Å². The fraction of sp³-hybridized carbons (Fsp3) is 0. The molecule has 1 aromatic carbocycles. The van der Waals surface area contributed by atoms with Gasteiger partial charge in [-0.15, -0.1) is 0 Å². The number of benzene rings is 1. The predicted molar refractivity (Wildman–Crippen MR) is 44.1 cm³/mol. The molecule has 0 bridgehead atoms. The van der Waals surface area contributed by atoms with Crippen LogP contribution in [0.5, 0.6) is 11.5 Å². The van der Waals surface area contributed by atoms with Crippen molar-refractivity contribution in [3.8, 4) is 11.5 Å². The van der Waals surface area contributed by atoms with Gasteiger partial charge in [0.25, 0.3) is 0 Å². The van der Waals surface area contributed by atoms with Gasteiger partial charge in [0.1, 0.15) is 5.75 Å². The van der Waals surface area contributed by atoms with Crippen LogP contribution >= 0.6 is 15.9 Å². The Kier molecular flexibility index (Phi) is 2.18. The van der Waals surface area contributed by atoms with Gasteiger partial charge in [-0.05, 0) is 15.9 Å². The van der Waals surface area contributed by atoms with E-state index in [4.69, 9.17) is 10.2 Å². The Morgan fingerprint density at radius 3 is 2.42 bits per heavy atom. The normalized spacial score (nSPS) is 9.75. The summed E-state index contributed by atoms with van der Waals surface area (Å²) in [7, 11) is 0. The molecule has 0 saturated heterocycles. The van der Waals surface area contributed by atoms with Crippen molar-refractivity contribution in [2.75, 3.05) is 0 Å². The molecule has 0 saturated carbocycles. The molecule has 0 fully saturated rings. The molecule has 0 heterocycles. The SMILES string of the molecule is O=[N+]([O-])c1cc(Br)c(O)cc1O. The van der Waals surface area contributed by atoms with Crippen LogP contribution in [-0.4, -0.2) is 15.1 Å². The van der Waals surface area contributed by atoms with E-state index in [2.05, 4.69) is 15.9 Å². The van der Waals surface area contributed by atoms with Crippen LogP contribution in [0, 0.1) is 10.1 Å². The Morgan fingerprint density at radius 2 is 1.92 bits per heavy atom. The number of hydrogen-bond donors (Lipinski definition) is 2. The second-order valence-corrected chi connectivity index (χ2v) is 2.90. The van der Waals surface area contributed by atoms with Crippen molar-refractivity contribution in [3.63, 3.8) is 0 Å². The van der Waals surface area contributed by atoms with Crippen LogP contribution < -0.4 is 0 Å². The highest BCUT2D eigenvalue weighted by atomic mass is 79.9. The van der Waals surface area contributed by atoms with E-state index in [0.29, 0.717) is 0 Å². The third-order valence-electron chi connectivity index (χ3n) is 1.24. The van der Waals surface area contributed by atoms with Crippen molar-refractivity contribution in [1.29, 1.82) is 0 Å². The summed E-state index contributed by atoms with van der Waals surface area (Å²) in [6.07, 6.45) is 0. The average molecular weight is 234 g/mol. The summed E-state index contributed by atoms with van der Waals surface area (Å²) in [6, 6.07) is 1.94. The molecule has 1 rings (SSSR count). The van der Waals surface area contributed by atoms with Crippen molar-refractivity contribution in [2.24, 2.45) is 0 Å². The van der Waals surface area contributed by atoms with Crippen molar-refractivity contribution in [1.82, 2.24) is 0 Å². The average Bonchev–Trinajstić information content (AvgIpc) is 1.96. The van der Waals surface area contributed by atoms with Crippen LogP contribution in [0.1, 0.15) is 0 Å². The predicted octanol–water partition coefficient (Wildman–Crippen LogP) is 1.77. The van der Waals surface area contributed by atoms with Crippen LogP contribution in [0.2, 0.25) is 0 Å². The van der Waals surface area contributed by atoms with E-state index in [1.54, 1.807) is 0 Å². The lowest BCUT2D eigenvalue weighted by Crippen LogP contribution is -1.88. The highest BCUT2D eigenvalue weighted by molar-refractivity contribution is 9.10. The second kappa shape index (κ2) is 2.98. The minimum atomic E-state index is -0.737. The highest BCUT2D eigenvalue weighted by Gasteiger charge is 2.15. The highest BCUT2D eigenvalue weighted by Crippen LogP contribution is 2.35. The number of nitro benzene ring substituents is 1. The first-order valence-corrected chi connectivity index (χ1v) is 3.67. The van der Waals surface area contributed by atoms with Crippen LogP contribution in [0.25, 0.3) is 0 Å². The van der Waals surface area contributed by atoms with E-state index >= 15 is 0 Å². The zero-order valence-electron chi connectivity index (χ0n) is 5.69. The Balaban J connectivity index is 3.33. The second-order valence-electron chi connectivity index (χ2n) is 2.05. The molecule has 0 aliphatic heterocycles. The molecule has 0 aromatic heterocycles. The summed E-state index contributed by atoms with van der Waals surface area (Å²) in [6.45, 7) is 0. The van der Waals surface area contributed by atoms with Crippen molar-refractivity contribution >= 4 is 21.6 Å². The van der Waals surface area contributed by atoms with Gasteiger partial charge < -0.3 is 10.2 Å². The lowest BCUT2D eigenvalue weighted by molar-refractivity contribution is -0.386. The van der Waals surface area contributed by atoms with E-state index in [-0.39, 0.29) is 10.2 Å². The molecule has 0 spiro atoms. The van der Waals surface area contributed by atoms with Crippen molar-refractivity contribution < 1.29 is 15.1 Å². The molecule has 0 unspecified atom stereocenters. The zero-order valence-corrected chi connectivity index (χ0v) is 7.28. The zero-order chi connectivity index (χ0) is 9.30. The standard InChI is InChI=1S/C6H4BrNO4/c7-3-1-4(8(11)12)6(10)2-5(3)9/h1-2,9-10H. The molecule has 12 heavy (non-hydrogen) atoms. The van der Waals surface area contributed by atoms with Crippen LogP contribution in [0.4, 0.5) is 5.69 Å². The largest absolute Gasteiger partial charge is 0.507 e. The number of phenols is 2. The third kappa shape index (κ3) is 1.48. The van der Waals surface area contributed by atoms with Gasteiger partial charge in [-0.3, -0.25) is 10.1 Å². The summed E-state index contributed by atoms with van der Waals surface area (Å²) in [5, 5.41) is 28.2. The summed E-state index contributed by atoms with van der Waals surface area (Å²) >= 11 is 2.88. The Hall–Kier alpha value is -1.30. The first-order chi connectivity index (χ1) is 5.52. The maximum absolute atomic E-state index is 10.2. The molecule has 0 aliphatic rings. The van der Waals surface area contributed by atoms with Gasteiger partial charge in [0, 0.05) is 12.1 Å². The minimum Gasteiger partial charge on any atom is -0.507 e. The first-order valence-electron chi connectivity index (χ1n) is 2.88. The van der Waals surface area contributed by atoms with Crippen molar-refractivity contribution in [3.05, 3.63) is 26.7 Å². The van der Waals surface area contributed by atoms with Gasteiger partial charge >= 0.3 is 5.69 Å². The Bertz CT molecular complexity index is 339. The summed E-state index contributed by atoms with van der Waals surface area (Å²) in [4.78, 5) is 9.49. The number of halogens is 1. The quantitative estimate of drug-likeness (QED) is 0.572. The fourth-order valence-electron chi connectivity index (χ4n) is 0.687. The number of hydrogen-bond acceptors (Lipinski definition) is 4. The fourth-order valence-corrected chi connectivity index (χ4v) is 1.02. The molecule has 1 aromatic rings.